The molecule has 0 unspecified atom stereocenters. The molecule has 1 fully saturated rings. The Kier molecular flexibility index (Phi) is 3.55. The molecule has 9 heteroatoms. The van der Waals surface area contributed by atoms with E-state index in [1.807, 2.05) is 22.4 Å². The van der Waals surface area contributed by atoms with E-state index in [0.29, 0.717) is 29.6 Å². The molecule has 20 heavy (non-hydrogen) atoms. The Morgan fingerprint density at radius 3 is 2.30 bits per heavy atom. The minimum atomic E-state index is -4.41. The molecule has 0 bridgehead atoms. The standard InChI is InChI=1S/C11H11F3N4S2/c12-11(13,14)9-15-16-10(20-9)18-5-3-17(4-6-18)8-2-1-7-19-8/h1-2,7H,3-6H2. The first-order valence-electron chi connectivity index (χ1n) is 5.98. The average Bonchev–Trinajstić information content (AvgIpc) is 3.10. The van der Waals surface area contributed by atoms with Crippen molar-refractivity contribution >= 4 is 32.8 Å². The lowest BCUT2D eigenvalue weighted by atomic mass is 10.3. The summed E-state index contributed by atoms with van der Waals surface area (Å²) in [6.07, 6.45) is -4.41. The SMILES string of the molecule is FC(F)(F)c1nnc(N2CCN(c3cccs3)CC2)s1. The van der Waals surface area contributed by atoms with Crippen LogP contribution in [0.1, 0.15) is 5.01 Å². The molecule has 2 aromatic rings. The summed E-state index contributed by atoms with van der Waals surface area (Å²) in [5.74, 6) is 0. The minimum absolute atomic E-state index is 0.350. The summed E-state index contributed by atoms with van der Waals surface area (Å²) in [7, 11) is 0. The zero-order chi connectivity index (χ0) is 14.2. The molecule has 0 aromatic carbocycles. The van der Waals surface area contributed by atoms with E-state index in [9.17, 15) is 13.2 Å². The average molecular weight is 320 g/mol. The third-order valence-corrected chi connectivity index (χ3v) is 4.98. The molecule has 0 N–H and O–H groups in total. The second-order valence-corrected chi connectivity index (χ2v) is 6.20. The number of aromatic nitrogens is 2. The van der Waals surface area contributed by atoms with E-state index >= 15 is 0 Å². The van der Waals surface area contributed by atoms with Gasteiger partial charge in [0.05, 0.1) is 5.00 Å². The highest BCUT2D eigenvalue weighted by Gasteiger charge is 2.36. The van der Waals surface area contributed by atoms with Gasteiger partial charge in [-0.05, 0) is 17.5 Å². The maximum absolute atomic E-state index is 12.5. The third-order valence-electron chi connectivity index (χ3n) is 3.02. The Labute approximate surface area is 121 Å². The van der Waals surface area contributed by atoms with Gasteiger partial charge in [-0.15, -0.1) is 21.5 Å². The summed E-state index contributed by atoms with van der Waals surface area (Å²) in [6.45, 7) is 2.87. The number of thiophene rings is 1. The first kappa shape index (κ1) is 13.6. The highest BCUT2D eigenvalue weighted by atomic mass is 32.1. The van der Waals surface area contributed by atoms with Gasteiger partial charge in [0, 0.05) is 26.2 Å². The van der Waals surface area contributed by atoms with Crippen molar-refractivity contribution in [1.82, 2.24) is 10.2 Å². The lowest BCUT2D eigenvalue weighted by Gasteiger charge is -2.34. The van der Waals surface area contributed by atoms with Crippen molar-refractivity contribution in [2.45, 2.75) is 6.18 Å². The predicted octanol–water partition coefficient (Wildman–Crippen LogP) is 2.95. The molecule has 1 aliphatic rings. The van der Waals surface area contributed by atoms with Crippen LogP contribution in [0.2, 0.25) is 0 Å². The molecule has 108 valence electrons. The zero-order valence-electron chi connectivity index (χ0n) is 10.3. The topological polar surface area (TPSA) is 32.3 Å². The van der Waals surface area contributed by atoms with Crippen molar-refractivity contribution in [3.63, 3.8) is 0 Å². The first-order chi connectivity index (χ1) is 9.54. The summed E-state index contributed by atoms with van der Waals surface area (Å²) >= 11 is 2.28. The minimum Gasteiger partial charge on any atom is -0.360 e. The molecule has 2 aromatic heterocycles. The van der Waals surface area contributed by atoms with Crippen LogP contribution in [0.15, 0.2) is 17.5 Å². The number of anilines is 2. The monoisotopic (exact) mass is 320 g/mol. The summed E-state index contributed by atoms with van der Waals surface area (Å²) in [4.78, 5) is 4.09. The van der Waals surface area contributed by atoms with Gasteiger partial charge in [0.1, 0.15) is 0 Å². The van der Waals surface area contributed by atoms with Crippen LogP contribution >= 0.6 is 22.7 Å². The number of halogens is 3. The van der Waals surface area contributed by atoms with Gasteiger partial charge in [-0.25, -0.2) is 0 Å². The zero-order valence-corrected chi connectivity index (χ0v) is 11.9. The number of hydrogen-bond acceptors (Lipinski definition) is 6. The molecule has 0 aliphatic carbocycles. The van der Waals surface area contributed by atoms with Gasteiger partial charge in [-0.3, -0.25) is 0 Å². The maximum Gasteiger partial charge on any atom is 0.445 e. The summed E-state index contributed by atoms with van der Waals surface area (Å²) < 4.78 is 37.5. The molecule has 0 amide bonds. The molecule has 0 atom stereocenters. The van der Waals surface area contributed by atoms with Crippen LogP contribution in [-0.2, 0) is 6.18 Å². The molecular weight excluding hydrogens is 309 g/mol. The highest BCUT2D eigenvalue weighted by Crippen LogP contribution is 2.34. The summed E-state index contributed by atoms with van der Waals surface area (Å²) in [5.41, 5.74) is 0. The lowest BCUT2D eigenvalue weighted by Crippen LogP contribution is -2.46. The number of hydrogen-bond donors (Lipinski definition) is 0. The first-order valence-corrected chi connectivity index (χ1v) is 7.68. The predicted molar refractivity (Wildman–Crippen MR) is 73.7 cm³/mol. The normalized spacial score (nSPS) is 16.8. The van der Waals surface area contributed by atoms with Crippen molar-refractivity contribution < 1.29 is 13.2 Å². The fourth-order valence-electron chi connectivity index (χ4n) is 2.03. The van der Waals surface area contributed by atoms with E-state index in [1.54, 1.807) is 11.3 Å². The van der Waals surface area contributed by atoms with Gasteiger partial charge in [0.2, 0.25) is 10.1 Å². The van der Waals surface area contributed by atoms with E-state index < -0.39 is 11.2 Å². The number of piperazine rings is 1. The van der Waals surface area contributed by atoms with Gasteiger partial charge in [0.25, 0.3) is 0 Å². The smallest absolute Gasteiger partial charge is 0.360 e. The van der Waals surface area contributed by atoms with E-state index in [0.717, 1.165) is 13.1 Å². The van der Waals surface area contributed by atoms with Gasteiger partial charge in [-0.1, -0.05) is 11.3 Å². The van der Waals surface area contributed by atoms with Crippen molar-refractivity contribution in [2.24, 2.45) is 0 Å². The highest BCUT2D eigenvalue weighted by molar-refractivity contribution is 7.15. The number of rotatable bonds is 2. The van der Waals surface area contributed by atoms with Crippen LogP contribution in [0, 0.1) is 0 Å². The maximum atomic E-state index is 12.5. The fourth-order valence-corrected chi connectivity index (χ4v) is 3.57. The van der Waals surface area contributed by atoms with Gasteiger partial charge < -0.3 is 9.80 Å². The van der Waals surface area contributed by atoms with Crippen molar-refractivity contribution in [3.8, 4) is 0 Å². The van der Waals surface area contributed by atoms with E-state index in [1.165, 1.54) is 5.00 Å². The Hall–Kier alpha value is -1.35. The molecule has 1 aliphatic heterocycles. The summed E-state index contributed by atoms with van der Waals surface area (Å²) in [5, 5.41) is 9.55. The Bertz CT molecular complexity index is 558. The second-order valence-electron chi connectivity index (χ2n) is 4.31. The second kappa shape index (κ2) is 5.21. The molecule has 1 saturated heterocycles. The van der Waals surface area contributed by atoms with Crippen LogP contribution in [-0.4, -0.2) is 36.4 Å². The molecule has 0 saturated carbocycles. The third kappa shape index (κ3) is 2.73. The van der Waals surface area contributed by atoms with Crippen LogP contribution in [0.25, 0.3) is 0 Å². The fraction of sp³-hybridized carbons (Fsp3) is 0.455. The van der Waals surface area contributed by atoms with Gasteiger partial charge in [0.15, 0.2) is 0 Å². The molecule has 4 nitrogen and oxygen atoms in total. The number of alkyl halides is 3. The van der Waals surface area contributed by atoms with Crippen LogP contribution in [0.5, 0.6) is 0 Å². The van der Waals surface area contributed by atoms with E-state index in [4.69, 9.17) is 0 Å². The quantitative estimate of drug-likeness (QED) is 0.852. The van der Waals surface area contributed by atoms with E-state index in [2.05, 4.69) is 15.1 Å². The lowest BCUT2D eigenvalue weighted by molar-refractivity contribution is -0.138. The van der Waals surface area contributed by atoms with Crippen LogP contribution < -0.4 is 9.80 Å². The summed E-state index contributed by atoms with van der Waals surface area (Å²) in [6, 6.07) is 4.04. The van der Waals surface area contributed by atoms with Crippen molar-refractivity contribution in [1.29, 1.82) is 0 Å². The van der Waals surface area contributed by atoms with Crippen molar-refractivity contribution in [3.05, 3.63) is 22.5 Å². The Morgan fingerprint density at radius 2 is 1.75 bits per heavy atom. The van der Waals surface area contributed by atoms with Crippen LogP contribution in [0.4, 0.5) is 23.3 Å². The van der Waals surface area contributed by atoms with Gasteiger partial charge >= 0.3 is 6.18 Å². The Balaban J connectivity index is 1.65. The van der Waals surface area contributed by atoms with Gasteiger partial charge in [-0.2, -0.15) is 13.2 Å². The molecule has 0 spiro atoms. The molecular formula is C11H11F3N4S2. The number of nitrogens with zero attached hydrogens (tertiary/aromatic N) is 4. The molecule has 3 heterocycles. The molecule has 3 rings (SSSR count). The van der Waals surface area contributed by atoms with E-state index in [-0.39, 0.29) is 0 Å². The Morgan fingerprint density at radius 1 is 1.05 bits per heavy atom. The van der Waals surface area contributed by atoms with Crippen LogP contribution in [0.3, 0.4) is 0 Å². The largest absolute Gasteiger partial charge is 0.445 e. The van der Waals surface area contributed by atoms with Crippen molar-refractivity contribution in [2.75, 3.05) is 36.0 Å². The molecule has 0 radical (unpaired) electrons.